The molecule has 0 unspecified atom stereocenters. The van der Waals surface area contributed by atoms with Crippen LogP contribution in [0.15, 0.2) is 72.8 Å². The highest BCUT2D eigenvalue weighted by Gasteiger charge is 2.37. The summed E-state index contributed by atoms with van der Waals surface area (Å²) in [6.07, 6.45) is -3.16. The zero-order valence-electron chi connectivity index (χ0n) is 42.2. The Balaban J connectivity index is 0.000000206. The topological polar surface area (TPSA) is 119 Å². The molecule has 10 nitrogen and oxygen atoms in total. The van der Waals surface area contributed by atoms with Gasteiger partial charge in [-0.15, -0.1) is 26.3 Å². The number of anilines is 4. The van der Waals surface area contributed by atoms with Crippen molar-refractivity contribution in [2.75, 3.05) is 10.6 Å². The molecule has 8 rings (SSSR count). The number of aromatic nitrogens is 4. The van der Waals surface area contributed by atoms with Gasteiger partial charge in [-0.3, -0.25) is 0 Å². The number of nitrogens with zero attached hydrogens (tertiary/aromatic N) is 4. The number of hydrogen-bond donors (Lipinski definition) is 4. The number of fused-ring (bicyclic) bond motifs is 2. The number of aliphatic hydroxyl groups is 2. The second kappa shape index (κ2) is 18.9. The molecule has 2 fully saturated rings. The van der Waals surface area contributed by atoms with Gasteiger partial charge in [-0.1, -0.05) is 41.5 Å². The van der Waals surface area contributed by atoms with Crippen molar-refractivity contribution in [3.8, 4) is 11.5 Å². The molecule has 0 spiro atoms. The standard InChI is InChI=1S/2C27H34F3N3O2/c2*1-16-11-19(15-25(3,4)14-16)33-23-12-17(2)21(26(5,6)34)13-22(23)32-24(33)31-18-7-9-20(10-8-18)35-27(28,29)30/h2*7-10,12-13,16,19,34H,11,14-15H2,1-6H3,(H,31,32)/t2*16-,19+/m10/s1. The van der Waals surface area contributed by atoms with Crippen LogP contribution in [-0.2, 0) is 11.2 Å². The number of nitrogens with one attached hydrogen (secondary N) is 2. The Morgan fingerprint density at radius 2 is 0.886 bits per heavy atom. The predicted octanol–water partition coefficient (Wildman–Crippen LogP) is 15.2. The first kappa shape index (κ1) is 52.3. The first-order valence-corrected chi connectivity index (χ1v) is 24.0. The number of imidazole rings is 2. The number of ether oxygens (including phenoxy) is 2. The first-order valence-electron chi connectivity index (χ1n) is 24.0. The molecule has 0 amide bonds. The maximum absolute atomic E-state index is 12.5. The number of rotatable bonds is 10. The van der Waals surface area contributed by atoms with Crippen LogP contribution in [0.1, 0.15) is 142 Å². The number of halogens is 6. The maximum Gasteiger partial charge on any atom is 0.573 e. The van der Waals surface area contributed by atoms with E-state index in [1.54, 1.807) is 52.0 Å². The maximum atomic E-state index is 12.5. The zero-order valence-corrected chi connectivity index (χ0v) is 42.2. The minimum atomic E-state index is -4.73. The van der Waals surface area contributed by atoms with Gasteiger partial charge in [-0.2, -0.15) is 0 Å². The number of aryl methyl sites for hydroxylation is 2. The van der Waals surface area contributed by atoms with Gasteiger partial charge < -0.3 is 39.5 Å². The van der Waals surface area contributed by atoms with Crippen LogP contribution in [0.4, 0.5) is 49.6 Å². The summed E-state index contributed by atoms with van der Waals surface area (Å²) in [6, 6.07) is 19.8. The van der Waals surface area contributed by atoms with Crippen molar-refractivity contribution >= 4 is 45.3 Å². The third-order valence-corrected chi connectivity index (χ3v) is 13.5. The SMILES string of the molecule is Cc1cc2c(cc1C(C)(C)O)nc(Nc1ccc(OC(F)(F)F)cc1)n2[C@@H]1C[C@H](C)CC(C)(C)C1.Cc1cc2c(cc1C(C)(C)O)nc(Nc1ccc(OC(F)(F)F)cc1)n2[C@H]1C[C@@H](C)CC(C)(C)C1. The zero-order chi connectivity index (χ0) is 51.5. The summed E-state index contributed by atoms with van der Waals surface area (Å²) in [7, 11) is 0. The quantitative estimate of drug-likeness (QED) is 0.100. The molecule has 2 heterocycles. The average Bonchev–Trinajstić information content (AvgIpc) is 3.71. The lowest BCUT2D eigenvalue weighted by Gasteiger charge is -2.40. The summed E-state index contributed by atoms with van der Waals surface area (Å²) in [5.74, 6) is 1.81. The van der Waals surface area contributed by atoms with Crippen molar-refractivity contribution in [1.29, 1.82) is 0 Å². The lowest BCUT2D eigenvalue weighted by Crippen LogP contribution is -2.29. The van der Waals surface area contributed by atoms with Crippen molar-refractivity contribution in [1.82, 2.24) is 19.1 Å². The molecule has 4 atom stereocenters. The van der Waals surface area contributed by atoms with Crippen molar-refractivity contribution in [2.45, 2.75) is 158 Å². The Labute approximate surface area is 406 Å². The van der Waals surface area contributed by atoms with Gasteiger partial charge in [0.05, 0.1) is 33.3 Å². The van der Waals surface area contributed by atoms with E-state index in [2.05, 4.69) is 82.9 Å². The van der Waals surface area contributed by atoms with Crippen molar-refractivity contribution in [3.63, 3.8) is 0 Å². The Morgan fingerprint density at radius 3 is 1.17 bits per heavy atom. The Morgan fingerprint density at radius 1 is 0.557 bits per heavy atom. The molecule has 0 aliphatic heterocycles. The fraction of sp³-hybridized carbons (Fsp3) is 0.519. The van der Waals surface area contributed by atoms with Crippen LogP contribution in [-0.4, -0.2) is 42.0 Å². The predicted molar refractivity (Wildman–Crippen MR) is 264 cm³/mol. The molecule has 2 aromatic heterocycles. The van der Waals surface area contributed by atoms with Crippen molar-refractivity contribution in [2.24, 2.45) is 22.7 Å². The molecule has 380 valence electrons. The fourth-order valence-corrected chi connectivity index (χ4v) is 11.4. The van der Waals surface area contributed by atoms with Crippen LogP contribution < -0.4 is 20.1 Å². The van der Waals surface area contributed by atoms with Gasteiger partial charge in [0, 0.05) is 23.5 Å². The Kier molecular flexibility index (Phi) is 14.2. The average molecular weight is 979 g/mol. The van der Waals surface area contributed by atoms with E-state index in [0.717, 1.165) is 82.8 Å². The van der Waals surface area contributed by atoms with Crippen LogP contribution >= 0.6 is 0 Å². The summed E-state index contributed by atoms with van der Waals surface area (Å²) < 4.78 is 87.7. The number of alkyl halides is 6. The molecule has 0 bridgehead atoms. The second-order valence-electron chi connectivity index (χ2n) is 22.6. The van der Waals surface area contributed by atoms with Crippen LogP contribution in [0.3, 0.4) is 0 Å². The molecule has 16 heteroatoms. The molecule has 4 N–H and O–H groups in total. The summed E-state index contributed by atoms with van der Waals surface area (Å²) in [5.41, 5.74) is 6.63. The van der Waals surface area contributed by atoms with Gasteiger partial charge in [-0.05, 0) is 198 Å². The molecule has 4 aromatic carbocycles. The van der Waals surface area contributed by atoms with Gasteiger partial charge in [0.2, 0.25) is 11.9 Å². The lowest BCUT2D eigenvalue weighted by molar-refractivity contribution is -0.275. The fourth-order valence-electron chi connectivity index (χ4n) is 11.4. The van der Waals surface area contributed by atoms with Gasteiger partial charge in [0.25, 0.3) is 0 Å². The van der Waals surface area contributed by atoms with E-state index in [1.165, 1.54) is 24.3 Å². The van der Waals surface area contributed by atoms with Crippen LogP contribution in [0.25, 0.3) is 22.1 Å². The van der Waals surface area contributed by atoms with Gasteiger partial charge >= 0.3 is 12.7 Å². The minimum absolute atomic E-state index is 0.175. The van der Waals surface area contributed by atoms with E-state index in [4.69, 9.17) is 9.97 Å². The minimum Gasteiger partial charge on any atom is -0.406 e. The van der Waals surface area contributed by atoms with Gasteiger partial charge in [0.1, 0.15) is 11.5 Å². The Hall–Kier alpha value is -5.48. The first-order chi connectivity index (χ1) is 32.2. The number of benzene rings is 4. The molecule has 0 saturated heterocycles. The molecule has 70 heavy (non-hydrogen) atoms. The monoisotopic (exact) mass is 979 g/mol. The van der Waals surface area contributed by atoms with E-state index >= 15 is 0 Å². The van der Waals surface area contributed by atoms with Crippen LogP contribution in [0.5, 0.6) is 11.5 Å². The van der Waals surface area contributed by atoms with Crippen molar-refractivity contribution in [3.05, 3.63) is 95.1 Å². The largest absolute Gasteiger partial charge is 0.573 e. The number of hydrogen-bond acceptors (Lipinski definition) is 8. The highest BCUT2D eigenvalue weighted by Crippen LogP contribution is 2.48. The summed E-state index contributed by atoms with van der Waals surface area (Å²) in [5, 5.41) is 28.0. The molecular formula is C54H68F6N6O4. The third-order valence-electron chi connectivity index (χ3n) is 13.5. The van der Waals surface area contributed by atoms with Crippen molar-refractivity contribution < 1.29 is 46.0 Å². The van der Waals surface area contributed by atoms with E-state index in [9.17, 15) is 36.6 Å². The van der Waals surface area contributed by atoms with Crippen LogP contribution in [0, 0.1) is 36.5 Å². The summed E-state index contributed by atoms with van der Waals surface area (Å²) in [4.78, 5) is 9.77. The highest BCUT2D eigenvalue weighted by molar-refractivity contribution is 5.83. The molecule has 0 radical (unpaired) electrons. The molecular weight excluding hydrogens is 911 g/mol. The van der Waals surface area contributed by atoms with Gasteiger partial charge in [-0.25, -0.2) is 9.97 Å². The second-order valence-corrected chi connectivity index (χ2v) is 22.6. The lowest BCUT2D eigenvalue weighted by atomic mass is 9.70. The normalized spacial score (nSPS) is 20.7. The van der Waals surface area contributed by atoms with Crippen LogP contribution in [0.2, 0.25) is 0 Å². The summed E-state index contributed by atoms with van der Waals surface area (Å²) >= 11 is 0. The highest BCUT2D eigenvalue weighted by atomic mass is 19.4. The molecule has 2 saturated carbocycles. The van der Waals surface area contributed by atoms with Gasteiger partial charge in [0.15, 0.2) is 0 Å². The molecule has 6 aromatic rings. The van der Waals surface area contributed by atoms with E-state index in [1.807, 2.05) is 26.0 Å². The van der Waals surface area contributed by atoms with E-state index in [0.29, 0.717) is 35.1 Å². The van der Waals surface area contributed by atoms with E-state index < -0.39 is 23.9 Å². The third kappa shape index (κ3) is 12.7. The summed E-state index contributed by atoms with van der Waals surface area (Å²) in [6.45, 7) is 24.7. The van der Waals surface area contributed by atoms with E-state index in [-0.39, 0.29) is 34.4 Å². The Bertz CT molecular complexity index is 2610. The smallest absolute Gasteiger partial charge is 0.406 e. The molecule has 2 aliphatic rings. The molecule has 2 aliphatic carbocycles.